The molecule has 0 atom stereocenters. The summed E-state index contributed by atoms with van der Waals surface area (Å²) in [6.45, 7) is 3.11. The topological polar surface area (TPSA) is 300 Å². The van der Waals surface area contributed by atoms with Gasteiger partial charge in [0.1, 0.15) is 34.0 Å². The molecule has 0 bridgehead atoms. The van der Waals surface area contributed by atoms with Crippen molar-refractivity contribution in [3.8, 4) is 22.9 Å². The number of phenols is 2. The van der Waals surface area contributed by atoms with Gasteiger partial charge in [-0.15, -0.1) is 11.4 Å². The quantitative estimate of drug-likeness (QED) is 0.0493. The number of nitro benzene ring substituents is 2. The molecule has 2 heterocycles. The van der Waals surface area contributed by atoms with Gasteiger partial charge in [0.15, 0.2) is 0 Å². The summed E-state index contributed by atoms with van der Waals surface area (Å²) in [6.07, 6.45) is 0. The Labute approximate surface area is 321 Å². The van der Waals surface area contributed by atoms with Gasteiger partial charge in [-0.25, -0.2) is 19.6 Å². The van der Waals surface area contributed by atoms with Crippen LogP contribution in [-0.4, -0.2) is 52.6 Å². The monoisotopic (exact) mass is 810 g/mol. The minimum Gasteiger partial charge on any atom is -0.505 e. The van der Waals surface area contributed by atoms with Crippen LogP contribution in [0.1, 0.15) is 14.2 Å². The van der Waals surface area contributed by atoms with Gasteiger partial charge in [-0.3, -0.25) is 24.8 Å². The molecule has 0 unspecified atom stereocenters. The van der Waals surface area contributed by atoms with Crippen LogP contribution in [0, 0.1) is 34.1 Å². The van der Waals surface area contributed by atoms with Gasteiger partial charge >= 0.3 is 2.85 Å². The number of non-ortho nitro benzene ring substituents is 2. The fourth-order valence-corrected chi connectivity index (χ4v) is 5.01. The van der Waals surface area contributed by atoms with Gasteiger partial charge in [-0.05, 0) is 48.5 Å². The summed E-state index contributed by atoms with van der Waals surface area (Å²) in [7, 11) is -4.37. The van der Waals surface area contributed by atoms with E-state index in [0.29, 0.717) is 11.4 Å². The second-order valence-electron chi connectivity index (χ2n) is 10.9. The van der Waals surface area contributed by atoms with Gasteiger partial charge in [0.25, 0.3) is 21.5 Å². The summed E-state index contributed by atoms with van der Waals surface area (Å²) >= 11 is 0. The molecule has 0 aliphatic heterocycles. The van der Waals surface area contributed by atoms with Gasteiger partial charge in [0.2, 0.25) is 0 Å². The molecule has 6 aromatic rings. The van der Waals surface area contributed by atoms with Crippen molar-refractivity contribution in [1.82, 2.24) is 19.6 Å². The zero-order valence-corrected chi connectivity index (χ0v) is 30.1. The molecule has 21 nitrogen and oxygen atoms in total. The third kappa shape index (κ3) is 9.31. The number of aryl methyl sites for hydroxylation is 2. The van der Waals surface area contributed by atoms with E-state index in [4.69, 9.17) is 4.55 Å². The van der Waals surface area contributed by atoms with Crippen molar-refractivity contribution < 1.29 is 53.2 Å². The van der Waals surface area contributed by atoms with Crippen LogP contribution in [0.15, 0.2) is 126 Å². The van der Waals surface area contributed by atoms with E-state index in [1.54, 1.807) is 31.2 Å². The van der Waals surface area contributed by atoms with Crippen LogP contribution in [0.3, 0.4) is 0 Å². The molecule has 0 spiro atoms. The van der Waals surface area contributed by atoms with E-state index in [2.05, 4.69) is 30.7 Å². The van der Waals surface area contributed by atoms with Gasteiger partial charge < -0.3 is 30.0 Å². The standard InChI is InChI=1S/C16H12N5O7S.C16H12N5O4.Cr/c1-9-15(18-17-13-7-4-11(21(24)25)8-14(13)22)16(23)20(19-9)10-2-5-12(6-3-10)29(26,27)28;1-10-15(16(23)20(19-10)11-5-3-2-4-6-11)18-17-13-8-7-12(21(24)25)9-14(13)22;/h2-8,22H,1H3,(H,26,27,28);2-9,22H,1H3;/q2*-1;/p+2. The third-order valence-electron chi connectivity index (χ3n) is 7.21. The van der Waals surface area contributed by atoms with Gasteiger partial charge in [-0.1, -0.05) is 43.4 Å². The Kier molecular flexibility index (Phi) is 12.4. The van der Waals surface area contributed by atoms with Crippen LogP contribution < -0.4 is 11.1 Å². The summed E-state index contributed by atoms with van der Waals surface area (Å²) in [5.41, 5.74) is -0.489. The number of nitro groups is 2. The summed E-state index contributed by atoms with van der Waals surface area (Å²) in [6, 6.07) is 20.2. The Bertz CT molecular complexity index is 2700. The van der Waals surface area contributed by atoms with E-state index in [0.717, 1.165) is 35.0 Å². The Hall–Kier alpha value is -7.06. The number of azo groups is 2. The average Bonchev–Trinajstić information content (AvgIpc) is 3.59. The molecule has 0 saturated heterocycles. The molecule has 6 rings (SSSR count). The zero-order chi connectivity index (χ0) is 39.3. The van der Waals surface area contributed by atoms with Gasteiger partial charge in [0, 0.05) is 29.5 Å². The SMILES string of the molecule is Cc1nn(-c2ccc(S(=O)(=O)O)cc2)c(=O)[c-]1N=Nc1ccc([N+](=O)[O-])cc1O.Cc1nn(-c2ccccc2)c(=O)[c-]1N=Nc1ccc([N+](=O)[O-])cc1O.[Cr].[H+].[H+]. The second-order valence-corrected chi connectivity index (χ2v) is 12.3. The predicted molar refractivity (Wildman–Crippen MR) is 190 cm³/mol. The Morgan fingerprint density at radius 1 is 0.691 bits per heavy atom. The van der Waals surface area contributed by atoms with Crippen LogP contribution in [0.2, 0.25) is 0 Å². The van der Waals surface area contributed by atoms with Crippen LogP contribution in [0.4, 0.5) is 34.1 Å². The first kappa shape index (κ1) is 40.7. The molecular formula is C32H26CrN10O11S. The molecule has 55 heavy (non-hydrogen) atoms. The van der Waals surface area contributed by atoms with Crippen molar-refractivity contribution in [3.63, 3.8) is 0 Å². The summed E-state index contributed by atoms with van der Waals surface area (Å²) in [5, 5.41) is 64.3. The number of aromatic hydroxyl groups is 2. The molecule has 0 aliphatic carbocycles. The number of aromatic nitrogens is 4. The fourth-order valence-electron chi connectivity index (χ4n) is 4.53. The summed E-state index contributed by atoms with van der Waals surface area (Å²) in [4.78, 5) is 44.7. The first-order valence-electron chi connectivity index (χ1n) is 15.0. The molecule has 2 aromatic heterocycles. The molecule has 0 fully saturated rings. The van der Waals surface area contributed by atoms with Crippen LogP contribution >= 0.6 is 0 Å². The number of phenolic OH excluding ortho intramolecular Hbond substituents is 2. The molecule has 0 radical (unpaired) electrons. The largest absolute Gasteiger partial charge is 1.00 e. The summed E-state index contributed by atoms with van der Waals surface area (Å²) < 4.78 is 33.4. The first-order valence-corrected chi connectivity index (χ1v) is 16.4. The number of nitrogens with zero attached hydrogens (tertiary/aromatic N) is 10. The molecule has 0 aliphatic rings. The molecule has 4 aromatic carbocycles. The Balaban J connectivity index is 0.000000377. The molecule has 0 amide bonds. The first-order chi connectivity index (χ1) is 25.5. The Morgan fingerprint density at radius 3 is 1.45 bits per heavy atom. The average molecular weight is 811 g/mol. The molecule has 282 valence electrons. The molecule has 3 N–H and O–H groups in total. The van der Waals surface area contributed by atoms with Crippen LogP contribution in [0.25, 0.3) is 11.4 Å². The van der Waals surface area contributed by atoms with Crippen LogP contribution in [0.5, 0.6) is 11.5 Å². The minimum atomic E-state index is -4.37. The molecule has 23 heteroatoms. The van der Waals surface area contributed by atoms with E-state index >= 15 is 0 Å². The number of hydrogen-bond acceptors (Lipinski definition) is 16. The van der Waals surface area contributed by atoms with Crippen LogP contribution in [-0.2, 0) is 27.5 Å². The summed E-state index contributed by atoms with van der Waals surface area (Å²) in [5.74, 6) is -0.889. The maximum absolute atomic E-state index is 12.5. The normalized spacial score (nSPS) is 11.3. The van der Waals surface area contributed by atoms with E-state index in [1.165, 1.54) is 41.9 Å². The van der Waals surface area contributed by atoms with E-state index in [1.807, 2.05) is 6.07 Å². The zero-order valence-electron chi connectivity index (χ0n) is 30.1. The van der Waals surface area contributed by atoms with E-state index in [9.17, 15) is 48.4 Å². The number of hydrogen-bond donors (Lipinski definition) is 3. The number of benzene rings is 4. The van der Waals surface area contributed by atoms with E-state index in [-0.39, 0.29) is 70.6 Å². The smallest absolute Gasteiger partial charge is 0.505 e. The molecular weight excluding hydrogens is 784 g/mol. The maximum atomic E-state index is 12.5. The number of rotatable bonds is 9. The van der Waals surface area contributed by atoms with Gasteiger partial charge in [-0.2, -0.15) is 18.6 Å². The third-order valence-corrected chi connectivity index (χ3v) is 8.08. The van der Waals surface area contributed by atoms with Crippen molar-refractivity contribution in [1.29, 1.82) is 0 Å². The maximum Gasteiger partial charge on any atom is 1.00 e. The van der Waals surface area contributed by atoms with Crippen molar-refractivity contribution >= 4 is 44.2 Å². The minimum absolute atomic E-state index is 0. The second kappa shape index (κ2) is 16.7. The van der Waals surface area contributed by atoms with Crippen molar-refractivity contribution in [2.75, 3.05) is 0 Å². The fraction of sp³-hybridized carbons (Fsp3) is 0.0625. The Morgan fingerprint density at radius 2 is 1.09 bits per heavy atom. The van der Waals surface area contributed by atoms with Crippen molar-refractivity contribution in [2.24, 2.45) is 20.5 Å². The predicted octanol–water partition coefficient (Wildman–Crippen LogP) is 6.05. The molecule has 0 saturated carbocycles. The van der Waals surface area contributed by atoms with Gasteiger partial charge in [0.05, 0.1) is 38.2 Å². The van der Waals surface area contributed by atoms with E-state index < -0.39 is 42.6 Å². The van der Waals surface area contributed by atoms with Crippen molar-refractivity contribution in [2.45, 2.75) is 18.7 Å². The van der Waals surface area contributed by atoms with Crippen molar-refractivity contribution in [3.05, 3.63) is 143 Å². The number of para-hydroxylation sites is 1.